The summed E-state index contributed by atoms with van der Waals surface area (Å²) in [7, 11) is 0. The number of rotatable bonds is 4. The molecule has 2 aliphatic rings. The lowest BCUT2D eigenvalue weighted by atomic mass is 9.92. The summed E-state index contributed by atoms with van der Waals surface area (Å²) < 4.78 is 14.1. The largest absolute Gasteiger partial charge is 0.490 e. The third-order valence-corrected chi connectivity index (χ3v) is 6.18. The Balaban J connectivity index is 1.64. The Labute approximate surface area is 170 Å². The maximum Gasteiger partial charge on any atom is 0.121 e. The molecule has 5 nitrogen and oxygen atoms in total. The lowest BCUT2D eigenvalue weighted by Crippen LogP contribution is -2.25. The van der Waals surface area contributed by atoms with Crippen molar-refractivity contribution < 1.29 is 9.47 Å². The Hall–Kier alpha value is -2.97. The smallest absolute Gasteiger partial charge is 0.121 e. The maximum absolute atomic E-state index is 10.0. The Morgan fingerprint density at radius 3 is 2.45 bits per heavy atom. The molecule has 2 heterocycles. The third-order valence-electron chi connectivity index (χ3n) is 6.18. The van der Waals surface area contributed by atoms with Crippen LogP contribution in [0, 0.1) is 11.3 Å². The molecule has 1 saturated heterocycles. The molecule has 3 aromatic rings. The number of nitrogens with two attached hydrogens (primary N) is 1. The van der Waals surface area contributed by atoms with Crippen LogP contribution in [0.5, 0.6) is 5.75 Å². The normalized spacial score (nSPS) is 17.8. The Bertz CT molecular complexity index is 1070. The van der Waals surface area contributed by atoms with Gasteiger partial charge in [0.25, 0.3) is 0 Å². The third kappa shape index (κ3) is 3.24. The van der Waals surface area contributed by atoms with E-state index in [1.54, 1.807) is 0 Å². The lowest BCUT2D eigenvalue weighted by Gasteiger charge is -2.30. The molecule has 2 aromatic carbocycles. The van der Waals surface area contributed by atoms with E-state index in [2.05, 4.69) is 16.7 Å². The molecular formula is C24H25N3O2. The number of hydrogen-bond donors (Lipinski definition) is 1. The summed E-state index contributed by atoms with van der Waals surface area (Å²) in [5, 5.41) is 11.0. The number of fused-ring (bicyclic) bond motifs is 1. The highest BCUT2D eigenvalue weighted by Crippen LogP contribution is 2.43. The van der Waals surface area contributed by atoms with Crippen molar-refractivity contribution in [2.45, 2.75) is 44.2 Å². The van der Waals surface area contributed by atoms with Crippen LogP contribution >= 0.6 is 0 Å². The SMILES string of the molecule is N#Cc1c(-c2ccc(N)cc2)n(C2CCC2)c2cc(OC3CCOCC3)ccc12. The number of anilines is 1. The second-order valence-corrected chi connectivity index (χ2v) is 8.02. The number of aromatic nitrogens is 1. The van der Waals surface area contributed by atoms with Crippen LogP contribution in [0.3, 0.4) is 0 Å². The molecule has 0 bridgehead atoms. The zero-order valence-electron chi connectivity index (χ0n) is 16.4. The monoisotopic (exact) mass is 387 g/mol. The van der Waals surface area contributed by atoms with Gasteiger partial charge in [0, 0.05) is 36.0 Å². The summed E-state index contributed by atoms with van der Waals surface area (Å²) in [4.78, 5) is 0. The van der Waals surface area contributed by atoms with Crippen LogP contribution in [-0.2, 0) is 4.74 Å². The van der Waals surface area contributed by atoms with Gasteiger partial charge in [-0.3, -0.25) is 0 Å². The van der Waals surface area contributed by atoms with Gasteiger partial charge in [-0.15, -0.1) is 0 Å². The van der Waals surface area contributed by atoms with Crippen molar-refractivity contribution in [1.82, 2.24) is 4.57 Å². The Morgan fingerprint density at radius 2 is 1.79 bits per heavy atom. The zero-order valence-corrected chi connectivity index (χ0v) is 16.4. The second kappa shape index (κ2) is 7.46. The fraction of sp³-hybridized carbons (Fsp3) is 0.375. The van der Waals surface area contributed by atoms with Crippen LogP contribution in [0.4, 0.5) is 5.69 Å². The highest BCUT2D eigenvalue weighted by Gasteiger charge is 2.28. The minimum atomic E-state index is 0.195. The standard InChI is InChI=1S/C24H25N3O2/c25-15-22-21-9-8-20(29-19-10-12-28-13-11-19)14-23(21)27(18-2-1-3-18)24(22)16-4-6-17(26)7-5-16/h4-9,14,18-19H,1-3,10-13,26H2. The first-order chi connectivity index (χ1) is 14.2. The molecule has 1 saturated carbocycles. The maximum atomic E-state index is 10.0. The molecule has 0 unspecified atom stereocenters. The predicted octanol–water partition coefficient (Wildman–Crippen LogP) is 5.04. The van der Waals surface area contributed by atoms with Crippen molar-refractivity contribution in [3.63, 3.8) is 0 Å². The summed E-state index contributed by atoms with van der Waals surface area (Å²) in [6.07, 6.45) is 5.54. The molecule has 1 aromatic heterocycles. The topological polar surface area (TPSA) is 73.2 Å². The lowest BCUT2D eigenvalue weighted by molar-refractivity contribution is 0.0256. The van der Waals surface area contributed by atoms with Crippen LogP contribution in [0.15, 0.2) is 42.5 Å². The van der Waals surface area contributed by atoms with Gasteiger partial charge >= 0.3 is 0 Å². The van der Waals surface area contributed by atoms with E-state index in [0.717, 1.165) is 78.1 Å². The number of nitrogens with zero attached hydrogens (tertiary/aromatic N) is 2. The molecule has 0 radical (unpaired) electrons. The molecule has 5 heteroatoms. The Kier molecular flexibility index (Phi) is 4.65. The van der Waals surface area contributed by atoms with Crippen molar-refractivity contribution in [2.24, 2.45) is 0 Å². The van der Waals surface area contributed by atoms with E-state index in [-0.39, 0.29) is 6.10 Å². The molecular weight excluding hydrogens is 362 g/mol. The molecule has 2 fully saturated rings. The summed E-state index contributed by atoms with van der Waals surface area (Å²) in [6.45, 7) is 1.51. The molecule has 1 aliphatic heterocycles. The summed E-state index contributed by atoms with van der Waals surface area (Å²) in [6, 6.07) is 16.9. The average Bonchev–Trinajstić information content (AvgIpc) is 3.01. The van der Waals surface area contributed by atoms with Gasteiger partial charge in [0.05, 0.1) is 30.0 Å². The van der Waals surface area contributed by atoms with Crippen molar-refractivity contribution >= 4 is 16.6 Å². The van der Waals surface area contributed by atoms with Crippen molar-refractivity contribution in [1.29, 1.82) is 5.26 Å². The fourth-order valence-electron chi connectivity index (χ4n) is 4.41. The van der Waals surface area contributed by atoms with E-state index in [0.29, 0.717) is 6.04 Å². The number of hydrogen-bond acceptors (Lipinski definition) is 4. The molecule has 1 aliphatic carbocycles. The van der Waals surface area contributed by atoms with E-state index in [1.807, 2.05) is 36.4 Å². The fourth-order valence-corrected chi connectivity index (χ4v) is 4.41. The molecule has 5 rings (SSSR count). The molecule has 2 N–H and O–H groups in total. The molecule has 0 spiro atoms. The number of nitrogen functional groups attached to an aromatic ring is 1. The minimum Gasteiger partial charge on any atom is -0.490 e. The van der Waals surface area contributed by atoms with Gasteiger partial charge in [-0.05, 0) is 49.1 Å². The van der Waals surface area contributed by atoms with Crippen molar-refractivity contribution in [2.75, 3.05) is 18.9 Å². The molecule has 0 atom stereocenters. The van der Waals surface area contributed by atoms with Gasteiger partial charge in [-0.2, -0.15) is 5.26 Å². The van der Waals surface area contributed by atoms with E-state index in [9.17, 15) is 5.26 Å². The average molecular weight is 387 g/mol. The van der Waals surface area contributed by atoms with Crippen LogP contribution in [0.2, 0.25) is 0 Å². The number of ether oxygens (including phenoxy) is 2. The van der Waals surface area contributed by atoms with Gasteiger partial charge in [0.1, 0.15) is 17.9 Å². The zero-order chi connectivity index (χ0) is 19.8. The van der Waals surface area contributed by atoms with Crippen molar-refractivity contribution in [3.8, 4) is 23.1 Å². The van der Waals surface area contributed by atoms with Crippen LogP contribution in [-0.4, -0.2) is 23.9 Å². The first-order valence-corrected chi connectivity index (χ1v) is 10.4. The van der Waals surface area contributed by atoms with Gasteiger partial charge in [-0.25, -0.2) is 0 Å². The molecule has 148 valence electrons. The predicted molar refractivity (Wildman–Crippen MR) is 114 cm³/mol. The summed E-state index contributed by atoms with van der Waals surface area (Å²) in [5.74, 6) is 0.871. The van der Waals surface area contributed by atoms with Gasteiger partial charge in [0.15, 0.2) is 0 Å². The number of benzene rings is 2. The van der Waals surface area contributed by atoms with Gasteiger partial charge in [0.2, 0.25) is 0 Å². The second-order valence-electron chi connectivity index (χ2n) is 8.02. The molecule has 29 heavy (non-hydrogen) atoms. The first kappa shape index (κ1) is 18.1. The highest BCUT2D eigenvalue weighted by molar-refractivity contribution is 5.95. The minimum absolute atomic E-state index is 0.195. The van der Waals surface area contributed by atoms with Crippen LogP contribution in [0.25, 0.3) is 22.2 Å². The molecule has 0 amide bonds. The Morgan fingerprint density at radius 1 is 1.03 bits per heavy atom. The van der Waals surface area contributed by atoms with E-state index < -0.39 is 0 Å². The van der Waals surface area contributed by atoms with E-state index >= 15 is 0 Å². The van der Waals surface area contributed by atoms with E-state index in [4.69, 9.17) is 15.2 Å². The number of nitriles is 1. The summed E-state index contributed by atoms with van der Waals surface area (Å²) in [5.41, 5.74) is 10.5. The van der Waals surface area contributed by atoms with Gasteiger partial charge < -0.3 is 19.8 Å². The quantitative estimate of drug-likeness (QED) is 0.636. The van der Waals surface area contributed by atoms with Crippen LogP contribution < -0.4 is 10.5 Å². The first-order valence-electron chi connectivity index (χ1n) is 10.4. The highest BCUT2D eigenvalue weighted by atomic mass is 16.5. The summed E-state index contributed by atoms with van der Waals surface area (Å²) >= 11 is 0. The van der Waals surface area contributed by atoms with Crippen LogP contribution in [0.1, 0.15) is 43.7 Å². The van der Waals surface area contributed by atoms with Gasteiger partial charge in [-0.1, -0.05) is 12.1 Å². The van der Waals surface area contributed by atoms with E-state index in [1.165, 1.54) is 6.42 Å². The van der Waals surface area contributed by atoms with Crippen molar-refractivity contribution in [3.05, 3.63) is 48.0 Å².